The Labute approximate surface area is 118 Å². The Hall–Kier alpha value is -1.75. The van der Waals surface area contributed by atoms with Crippen LogP contribution in [0.4, 0.5) is 5.82 Å². The van der Waals surface area contributed by atoms with Crippen molar-refractivity contribution in [2.24, 2.45) is 5.92 Å². The van der Waals surface area contributed by atoms with Gasteiger partial charge >= 0.3 is 0 Å². The number of likely N-dealkylation sites (tertiary alicyclic amines) is 1. The first-order chi connectivity index (χ1) is 9.65. The average Bonchev–Trinajstić information content (AvgIpc) is 2.77. The lowest BCUT2D eigenvalue weighted by Crippen LogP contribution is -2.42. The van der Waals surface area contributed by atoms with Crippen molar-refractivity contribution in [2.75, 3.05) is 25.0 Å². The third-order valence-corrected chi connectivity index (χ3v) is 4.13. The van der Waals surface area contributed by atoms with Gasteiger partial charge in [-0.2, -0.15) is 0 Å². The van der Waals surface area contributed by atoms with Crippen molar-refractivity contribution in [1.82, 2.24) is 9.88 Å². The molecule has 1 fully saturated rings. The summed E-state index contributed by atoms with van der Waals surface area (Å²) in [4.78, 5) is 29.4. The van der Waals surface area contributed by atoms with Crippen molar-refractivity contribution in [2.45, 2.75) is 26.2 Å². The minimum atomic E-state index is -0.0125. The van der Waals surface area contributed by atoms with Crippen LogP contribution in [0.1, 0.15) is 23.2 Å². The Balaban J connectivity index is 1.70. The van der Waals surface area contributed by atoms with Crippen LogP contribution < -0.4 is 5.32 Å². The maximum absolute atomic E-state index is 11.9. The number of rotatable bonds is 4. The zero-order valence-corrected chi connectivity index (χ0v) is 11.7. The molecule has 5 nitrogen and oxygen atoms in total. The fourth-order valence-electron chi connectivity index (χ4n) is 2.88. The molecule has 1 N–H and O–H groups in total. The van der Waals surface area contributed by atoms with E-state index in [2.05, 4.69) is 15.2 Å². The van der Waals surface area contributed by atoms with E-state index in [0.29, 0.717) is 18.8 Å². The highest BCUT2D eigenvalue weighted by molar-refractivity contribution is 5.91. The minimum absolute atomic E-state index is 0.0125. The summed E-state index contributed by atoms with van der Waals surface area (Å²) in [5, 5.41) is 2.86. The zero-order valence-electron chi connectivity index (χ0n) is 11.7. The molecule has 1 aliphatic carbocycles. The molecule has 3 rings (SSSR count). The number of anilines is 1. The smallest absolute Gasteiger partial charge is 0.239 e. The van der Waals surface area contributed by atoms with Crippen LogP contribution in [0.25, 0.3) is 0 Å². The van der Waals surface area contributed by atoms with Crippen LogP contribution in [0.5, 0.6) is 0 Å². The number of nitrogens with zero attached hydrogens (tertiary/aromatic N) is 2. The van der Waals surface area contributed by atoms with Crippen LogP contribution in [0.3, 0.4) is 0 Å². The van der Waals surface area contributed by atoms with E-state index in [4.69, 9.17) is 0 Å². The number of hydrogen-bond donors (Lipinski definition) is 1. The summed E-state index contributed by atoms with van der Waals surface area (Å²) >= 11 is 0. The Kier molecular flexibility index (Phi) is 3.53. The zero-order chi connectivity index (χ0) is 14.1. The van der Waals surface area contributed by atoms with Gasteiger partial charge in [-0.05, 0) is 56.5 Å². The third-order valence-electron chi connectivity index (χ3n) is 4.13. The van der Waals surface area contributed by atoms with E-state index in [0.717, 1.165) is 37.1 Å². The van der Waals surface area contributed by atoms with Crippen molar-refractivity contribution >= 4 is 18.0 Å². The van der Waals surface area contributed by atoms with E-state index >= 15 is 0 Å². The molecule has 0 radical (unpaired) electrons. The molecule has 1 unspecified atom stereocenters. The molecule has 1 aliphatic heterocycles. The fourth-order valence-corrected chi connectivity index (χ4v) is 2.88. The maximum Gasteiger partial charge on any atom is 0.239 e. The molecule has 20 heavy (non-hydrogen) atoms. The first kappa shape index (κ1) is 13.2. The monoisotopic (exact) mass is 273 g/mol. The Bertz CT molecular complexity index is 552. The number of carbonyl (C=O) groups excluding carboxylic acids is 2. The van der Waals surface area contributed by atoms with Crippen LogP contribution in [-0.2, 0) is 22.4 Å². The van der Waals surface area contributed by atoms with Crippen molar-refractivity contribution < 1.29 is 9.59 Å². The quantitative estimate of drug-likeness (QED) is 0.830. The maximum atomic E-state index is 11.9. The van der Waals surface area contributed by atoms with Gasteiger partial charge in [0.2, 0.25) is 5.91 Å². The van der Waals surface area contributed by atoms with Gasteiger partial charge in [0.25, 0.3) is 0 Å². The van der Waals surface area contributed by atoms with Gasteiger partial charge in [-0.15, -0.1) is 0 Å². The molecular formula is C15H19N3O2. The van der Waals surface area contributed by atoms with Gasteiger partial charge in [-0.1, -0.05) is 0 Å². The summed E-state index contributed by atoms with van der Waals surface area (Å²) < 4.78 is 0. The Morgan fingerprint density at radius 3 is 2.95 bits per heavy atom. The number of carbonyl (C=O) groups is 2. The Morgan fingerprint density at radius 2 is 2.30 bits per heavy atom. The van der Waals surface area contributed by atoms with Crippen molar-refractivity contribution in [3.8, 4) is 0 Å². The summed E-state index contributed by atoms with van der Waals surface area (Å²) in [5.41, 5.74) is 3.24. The lowest BCUT2D eigenvalue weighted by Gasteiger charge is -2.29. The van der Waals surface area contributed by atoms with Gasteiger partial charge in [0.15, 0.2) is 0 Å². The lowest BCUT2D eigenvalue weighted by molar-refractivity contribution is -0.118. The number of hydrogen-bond acceptors (Lipinski definition) is 4. The molecule has 1 atom stereocenters. The van der Waals surface area contributed by atoms with E-state index in [1.54, 1.807) is 0 Å². The van der Waals surface area contributed by atoms with Gasteiger partial charge in [-0.3, -0.25) is 9.69 Å². The van der Waals surface area contributed by atoms with E-state index in [1.807, 2.05) is 13.0 Å². The number of aromatic nitrogens is 1. The molecule has 2 aliphatic rings. The predicted octanol–water partition coefficient (Wildman–Crippen LogP) is 0.948. The molecule has 106 valence electrons. The van der Waals surface area contributed by atoms with Gasteiger partial charge in [0.1, 0.15) is 12.1 Å². The molecule has 0 spiro atoms. The number of nitrogens with one attached hydrogen (secondary N) is 1. The fraction of sp³-hybridized carbons (Fsp3) is 0.533. The van der Waals surface area contributed by atoms with Crippen LogP contribution in [0, 0.1) is 12.8 Å². The second-order valence-electron chi connectivity index (χ2n) is 5.73. The normalized spacial score (nSPS) is 21.1. The van der Waals surface area contributed by atoms with E-state index in [-0.39, 0.29) is 11.8 Å². The van der Waals surface area contributed by atoms with Crippen molar-refractivity contribution in [1.29, 1.82) is 0 Å². The first-order valence-corrected chi connectivity index (χ1v) is 7.12. The number of amides is 1. The summed E-state index contributed by atoms with van der Waals surface area (Å²) in [6.45, 7) is 4.46. The molecule has 1 amide bonds. The molecule has 1 aromatic heterocycles. The highest BCUT2D eigenvalue weighted by atomic mass is 16.2. The number of aryl methyl sites for hydroxylation is 1. The molecule has 1 saturated heterocycles. The van der Waals surface area contributed by atoms with Gasteiger partial charge < -0.3 is 10.1 Å². The van der Waals surface area contributed by atoms with Crippen LogP contribution >= 0.6 is 0 Å². The van der Waals surface area contributed by atoms with E-state index in [9.17, 15) is 9.59 Å². The predicted molar refractivity (Wildman–Crippen MR) is 75.6 cm³/mol. The second kappa shape index (κ2) is 5.32. The number of pyridine rings is 1. The van der Waals surface area contributed by atoms with Crippen molar-refractivity contribution in [3.63, 3.8) is 0 Å². The summed E-state index contributed by atoms with van der Waals surface area (Å²) in [7, 11) is 0. The first-order valence-electron chi connectivity index (χ1n) is 7.12. The number of aldehydes is 1. The summed E-state index contributed by atoms with van der Waals surface area (Å²) in [6.07, 6.45) is 3.65. The summed E-state index contributed by atoms with van der Waals surface area (Å²) in [5.74, 6) is 0.642. The Morgan fingerprint density at radius 1 is 1.50 bits per heavy atom. The second-order valence-corrected chi connectivity index (χ2v) is 5.73. The van der Waals surface area contributed by atoms with Gasteiger partial charge in [0, 0.05) is 11.6 Å². The van der Waals surface area contributed by atoms with Crippen LogP contribution in [0.15, 0.2) is 6.07 Å². The highest BCUT2D eigenvalue weighted by Gasteiger charge is 2.25. The van der Waals surface area contributed by atoms with Crippen LogP contribution in [-0.4, -0.2) is 41.7 Å². The van der Waals surface area contributed by atoms with E-state index in [1.165, 1.54) is 12.0 Å². The van der Waals surface area contributed by atoms with Gasteiger partial charge in [0.05, 0.1) is 6.54 Å². The summed E-state index contributed by atoms with van der Waals surface area (Å²) in [6, 6.07) is 1.90. The SMILES string of the molecule is Cc1cc(NC(=O)CN2CCC2)nc2c1CC(C=O)C2. The molecule has 5 heteroatoms. The molecular weight excluding hydrogens is 254 g/mol. The molecule has 0 saturated carbocycles. The topological polar surface area (TPSA) is 62.3 Å². The molecule has 0 bridgehead atoms. The minimum Gasteiger partial charge on any atom is -0.310 e. The van der Waals surface area contributed by atoms with E-state index < -0.39 is 0 Å². The third kappa shape index (κ3) is 2.58. The lowest BCUT2D eigenvalue weighted by atomic mass is 10.1. The standard InChI is InChI=1S/C15H19N3O2/c1-10-5-14(17-15(20)8-18-3-2-4-18)16-13-7-11(9-19)6-12(10)13/h5,9,11H,2-4,6-8H2,1H3,(H,16,17,20). The largest absolute Gasteiger partial charge is 0.310 e. The van der Waals surface area contributed by atoms with Crippen LogP contribution in [0.2, 0.25) is 0 Å². The average molecular weight is 273 g/mol. The molecule has 0 aromatic carbocycles. The number of fused-ring (bicyclic) bond motifs is 1. The highest BCUT2D eigenvalue weighted by Crippen LogP contribution is 2.28. The molecule has 1 aromatic rings. The van der Waals surface area contributed by atoms with Gasteiger partial charge in [-0.25, -0.2) is 4.98 Å². The van der Waals surface area contributed by atoms with Crippen molar-refractivity contribution in [3.05, 3.63) is 22.9 Å². The molecule has 2 heterocycles.